The van der Waals surface area contributed by atoms with Crippen LogP contribution in [0.1, 0.15) is 15.9 Å². The third kappa shape index (κ3) is 4.65. The van der Waals surface area contributed by atoms with Crippen LogP contribution < -0.4 is 11.5 Å². The molecule has 8 heteroatoms. The van der Waals surface area contributed by atoms with Gasteiger partial charge in [-0.3, -0.25) is 14.5 Å². The van der Waals surface area contributed by atoms with Crippen LogP contribution in [-0.4, -0.2) is 40.9 Å². The molecule has 0 aliphatic rings. The zero-order valence-electron chi connectivity index (χ0n) is 10.5. The van der Waals surface area contributed by atoms with Crippen LogP contribution in [0.3, 0.4) is 0 Å². The molecule has 0 unspecified atom stereocenters. The van der Waals surface area contributed by atoms with Gasteiger partial charge in [0.2, 0.25) is 11.8 Å². The van der Waals surface area contributed by atoms with Gasteiger partial charge in [0.05, 0.1) is 18.7 Å². The van der Waals surface area contributed by atoms with Crippen LogP contribution in [-0.2, 0) is 16.1 Å². The van der Waals surface area contributed by atoms with E-state index in [0.29, 0.717) is 0 Å². The summed E-state index contributed by atoms with van der Waals surface area (Å²) in [6, 6.07) is 3.26. The van der Waals surface area contributed by atoms with E-state index in [1.54, 1.807) is 0 Å². The lowest BCUT2D eigenvalue weighted by Gasteiger charge is -2.19. The Hall–Kier alpha value is -2.48. The molecule has 0 heterocycles. The minimum absolute atomic E-state index is 0.0346. The Morgan fingerprint density at radius 3 is 2.15 bits per heavy atom. The molecule has 1 aromatic rings. The van der Waals surface area contributed by atoms with E-state index < -0.39 is 23.6 Å². The minimum Gasteiger partial charge on any atom is -0.478 e. The molecule has 5 N–H and O–H groups in total. The lowest BCUT2D eigenvalue weighted by molar-refractivity contribution is -0.122. The van der Waals surface area contributed by atoms with Crippen molar-refractivity contribution in [2.75, 3.05) is 13.1 Å². The van der Waals surface area contributed by atoms with Crippen molar-refractivity contribution in [1.29, 1.82) is 0 Å². The van der Waals surface area contributed by atoms with Gasteiger partial charge in [-0.1, -0.05) is 0 Å². The number of benzene rings is 1. The first kappa shape index (κ1) is 15.6. The number of hydrogen-bond acceptors (Lipinski definition) is 4. The van der Waals surface area contributed by atoms with Crippen LogP contribution >= 0.6 is 0 Å². The molecule has 0 aliphatic carbocycles. The van der Waals surface area contributed by atoms with E-state index in [-0.39, 0.29) is 30.8 Å². The van der Waals surface area contributed by atoms with E-state index in [2.05, 4.69) is 0 Å². The van der Waals surface area contributed by atoms with Crippen LogP contribution in [0.5, 0.6) is 0 Å². The number of hydrogen-bond donors (Lipinski definition) is 3. The van der Waals surface area contributed by atoms with Gasteiger partial charge in [-0.2, -0.15) is 0 Å². The lowest BCUT2D eigenvalue weighted by Crippen LogP contribution is -2.39. The van der Waals surface area contributed by atoms with E-state index in [4.69, 9.17) is 16.6 Å². The van der Waals surface area contributed by atoms with Crippen molar-refractivity contribution < 1.29 is 23.9 Å². The van der Waals surface area contributed by atoms with Crippen LogP contribution in [0.2, 0.25) is 0 Å². The number of nitrogens with zero attached hydrogens (tertiary/aromatic N) is 1. The highest BCUT2D eigenvalue weighted by Crippen LogP contribution is 2.13. The summed E-state index contributed by atoms with van der Waals surface area (Å²) in [6.45, 7) is -0.738. The molecule has 20 heavy (non-hydrogen) atoms. The van der Waals surface area contributed by atoms with Gasteiger partial charge in [0.25, 0.3) is 0 Å². The Morgan fingerprint density at radius 1 is 1.15 bits per heavy atom. The number of carbonyl (C=O) groups excluding carboxylic acids is 2. The zero-order valence-corrected chi connectivity index (χ0v) is 10.5. The highest BCUT2D eigenvalue weighted by molar-refractivity contribution is 5.87. The maximum atomic E-state index is 13.6. The van der Waals surface area contributed by atoms with Gasteiger partial charge < -0.3 is 16.6 Å². The van der Waals surface area contributed by atoms with Gasteiger partial charge in [0, 0.05) is 12.1 Å². The Kier molecular flexibility index (Phi) is 5.15. The molecule has 0 spiro atoms. The second-order valence-electron chi connectivity index (χ2n) is 4.19. The molecule has 0 aromatic heterocycles. The second kappa shape index (κ2) is 6.62. The first-order valence-corrected chi connectivity index (χ1v) is 5.60. The molecule has 0 fully saturated rings. The fraction of sp³-hybridized carbons (Fsp3) is 0.250. The van der Waals surface area contributed by atoms with Crippen molar-refractivity contribution in [2.24, 2.45) is 11.5 Å². The topological polar surface area (TPSA) is 127 Å². The van der Waals surface area contributed by atoms with Gasteiger partial charge in [0.1, 0.15) is 5.82 Å². The standard InChI is InChI=1S/C12H14FN3O4/c13-9-2-1-7(12(19)20)3-8(9)4-16(5-10(14)17)6-11(15)18/h1-3H,4-6H2,(H2,14,17)(H2,15,18)(H,19,20). The molecule has 0 atom stereocenters. The molecular weight excluding hydrogens is 269 g/mol. The maximum absolute atomic E-state index is 13.6. The van der Waals surface area contributed by atoms with E-state index in [1.807, 2.05) is 0 Å². The molecule has 0 radical (unpaired) electrons. The molecule has 0 saturated heterocycles. The first-order valence-electron chi connectivity index (χ1n) is 5.60. The second-order valence-corrected chi connectivity index (χ2v) is 4.19. The number of halogens is 1. The third-order valence-corrected chi connectivity index (χ3v) is 2.45. The van der Waals surface area contributed by atoms with E-state index in [9.17, 15) is 18.8 Å². The number of amides is 2. The average Bonchev–Trinajstić information content (AvgIpc) is 2.29. The molecule has 1 aromatic carbocycles. The third-order valence-electron chi connectivity index (χ3n) is 2.45. The Bertz CT molecular complexity index is 532. The Labute approximate surface area is 114 Å². The van der Waals surface area contributed by atoms with Crippen LogP contribution in [0.25, 0.3) is 0 Å². The van der Waals surface area contributed by atoms with Crippen LogP contribution in [0.15, 0.2) is 18.2 Å². The monoisotopic (exact) mass is 283 g/mol. The number of primary amides is 2. The number of carbonyl (C=O) groups is 3. The van der Waals surface area contributed by atoms with Gasteiger partial charge in [-0.15, -0.1) is 0 Å². The van der Waals surface area contributed by atoms with Crippen LogP contribution in [0.4, 0.5) is 4.39 Å². The molecule has 2 amide bonds. The SMILES string of the molecule is NC(=O)CN(CC(N)=O)Cc1cc(C(=O)O)ccc1F. The fourth-order valence-corrected chi connectivity index (χ4v) is 1.68. The molecule has 0 saturated carbocycles. The summed E-state index contributed by atoms with van der Waals surface area (Å²) in [7, 11) is 0. The van der Waals surface area contributed by atoms with Crippen molar-refractivity contribution in [3.05, 3.63) is 35.1 Å². The van der Waals surface area contributed by atoms with Gasteiger partial charge in [0.15, 0.2) is 0 Å². The van der Waals surface area contributed by atoms with Gasteiger partial charge >= 0.3 is 5.97 Å². The number of carboxylic acid groups (broad SMARTS) is 1. The van der Waals surface area contributed by atoms with E-state index in [0.717, 1.165) is 18.2 Å². The summed E-state index contributed by atoms with van der Waals surface area (Å²) in [4.78, 5) is 33.8. The molecular formula is C12H14FN3O4. The van der Waals surface area contributed by atoms with Crippen LogP contribution in [0, 0.1) is 5.82 Å². The summed E-state index contributed by atoms with van der Waals surface area (Å²) in [5, 5.41) is 8.84. The lowest BCUT2D eigenvalue weighted by atomic mass is 10.1. The summed E-state index contributed by atoms with van der Waals surface area (Å²) in [5.41, 5.74) is 9.97. The average molecular weight is 283 g/mol. The number of rotatable bonds is 7. The fourth-order valence-electron chi connectivity index (χ4n) is 1.68. The highest BCUT2D eigenvalue weighted by atomic mass is 19.1. The minimum atomic E-state index is -1.21. The molecule has 7 nitrogen and oxygen atoms in total. The van der Waals surface area contributed by atoms with Crippen molar-refractivity contribution >= 4 is 17.8 Å². The summed E-state index contributed by atoms with van der Waals surface area (Å²) in [6.07, 6.45) is 0. The summed E-state index contributed by atoms with van der Waals surface area (Å²) < 4.78 is 13.6. The van der Waals surface area contributed by atoms with Crippen molar-refractivity contribution in [3.8, 4) is 0 Å². The quantitative estimate of drug-likeness (QED) is 0.609. The molecule has 1 rings (SSSR count). The first-order chi connectivity index (χ1) is 9.29. The highest BCUT2D eigenvalue weighted by Gasteiger charge is 2.15. The number of carboxylic acids is 1. The summed E-state index contributed by atoms with van der Waals surface area (Å²) >= 11 is 0. The maximum Gasteiger partial charge on any atom is 0.335 e. The van der Waals surface area contributed by atoms with E-state index in [1.165, 1.54) is 4.90 Å². The number of nitrogens with two attached hydrogens (primary N) is 2. The smallest absolute Gasteiger partial charge is 0.335 e. The zero-order chi connectivity index (χ0) is 15.3. The van der Waals surface area contributed by atoms with Crippen molar-refractivity contribution in [1.82, 2.24) is 4.90 Å². The molecule has 0 bridgehead atoms. The van der Waals surface area contributed by atoms with Gasteiger partial charge in [-0.05, 0) is 18.2 Å². The Balaban J connectivity index is 2.96. The predicted octanol–water partition coefficient (Wildman–Crippen LogP) is -0.703. The van der Waals surface area contributed by atoms with Crippen molar-refractivity contribution in [3.63, 3.8) is 0 Å². The largest absolute Gasteiger partial charge is 0.478 e. The van der Waals surface area contributed by atoms with E-state index >= 15 is 0 Å². The molecule has 0 aliphatic heterocycles. The van der Waals surface area contributed by atoms with Crippen molar-refractivity contribution in [2.45, 2.75) is 6.54 Å². The normalized spacial score (nSPS) is 10.5. The Morgan fingerprint density at radius 2 is 1.70 bits per heavy atom. The summed E-state index contributed by atoms with van der Waals surface area (Å²) in [5.74, 6) is -3.27. The van der Waals surface area contributed by atoms with Gasteiger partial charge in [-0.25, -0.2) is 9.18 Å². The number of aromatic carboxylic acids is 1. The molecule has 108 valence electrons. The predicted molar refractivity (Wildman–Crippen MR) is 67.0 cm³/mol.